The second-order valence-electron chi connectivity index (χ2n) is 3.99. The van der Waals surface area contributed by atoms with Crippen LogP contribution in [0.15, 0.2) is 0 Å². The molecule has 1 unspecified atom stereocenters. The van der Waals surface area contributed by atoms with Gasteiger partial charge in [0, 0.05) is 6.42 Å². The number of unbranched alkanes of at least 4 members (excludes halogenated alkanes) is 1. The van der Waals surface area contributed by atoms with Crippen molar-refractivity contribution in [1.82, 2.24) is 5.32 Å². The maximum absolute atomic E-state index is 11.4. The van der Waals surface area contributed by atoms with Gasteiger partial charge < -0.3 is 5.32 Å². The topological polar surface area (TPSA) is 29.1 Å². The molecule has 0 aromatic heterocycles. The molecule has 0 radical (unpaired) electrons. The minimum atomic E-state index is -0.313. The quantitative estimate of drug-likeness (QED) is 0.688. The SMILES string of the molecule is CCCCC(=O)NC(C)(C)C(C)Cl. The molecule has 13 heavy (non-hydrogen) atoms. The van der Waals surface area contributed by atoms with E-state index in [9.17, 15) is 4.79 Å². The second-order valence-corrected chi connectivity index (χ2v) is 4.64. The monoisotopic (exact) mass is 205 g/mol. The van der Waals surface area contributed by atoms with E-state index >= 15 is 0 Å². The summed E-state index contributed by atoms with van der Waals surface area (Å²) in [6.07, 6.45) is 2.59. The highest BCUT2D eigenvalue weighted by Crippen LogP contribution is 2.14. The minimum Gasteiger partial charge on any atom is -0.350 e. The smallest absolute Gasteiger partial charge is 0.220 e. The van der Waals surface area contributed by atoms with E-state index in [1.165, 1.54) is 0 Å². The Morgan fingerprint density at radius 2 is 2.08 bits per heavy atom. The van der Waals surface area contributed by atoms with Crippen molar-refractivity contribution in [1.29, 1.82) is 0 Å². The van der Waals surface area contributed by atoms with Crippen molar-refractivity contribution in [2.24, 2.45) is 0 Å². The lowest BCUT2D eigenvalue weighted by Crippen LogP contribution is -2.48. The standard InChI is InChI=1S/C10H20ClNO/c1-5-6-7-9(13)12-10(3,4)8(2)11/h8H,5-7H2,1-4H3,(H,12,13). The zero-order valence-electron chi connectivity index (χ0n) is 8.98. The molecule has 1 amide bonds. The van der Waals surface area contributed by atoms with Gasteiger partial charge in [-0.3, -0.25) is 4.79 Å². The third-order valence-corrected chi connectivity index (χ3v) is 2.76. The van der Waals surface area contributed by atoms with Crippen molar-refractivity contribution in [3.05, 3.63) is 0 Å². The molecular formula is C10H20ClNO. The molecule has 0 saturated heterocycles. The summed E-state index contributed by atoms with van der Waals surface area (Å²) in [5.41, 5.74) is -0.313. The maximum Gasteiger partial charge on any atom is 0.220 e. The van der Waals surface area contributed by atoms with Gasteiger partial charge in [-0.15, -0.1) is 11.6 Å². The molecule has 3 heteroatoms. The van der Waals surface area contributed by atoms with E-state index in [4.69, 9.17) is 11.6 Å². The molecule has 0 heterocycles. The molecule has 0 spiro atoms. The summed E-state index contributed by atoms with van der Waals surface area (Å²) in [5.74, 6) is 0.0966. The first-order chi connectivity index (χ1) is 5.90. The number of amides is 1. The third-order valence-electron chi connectivity index (χ3n) is 2.21. The zero-order chi connectivity index (χ0) is 10.5. The fourth-order valence-electron chi connectivity index (χ4n) is 0.859. The fraction of sp³-hybridized carbons (Fsp3) is 0.900. The number of carbonyl (C=O) groups excluding carboxylic acids is 1. The summed E-state index contributed by atoms with van der Waals surface area (Å²) in [4.78, 5) is 11.4. The van der Waals surface area contributed by atoms with Crippen molar-refractivity contribution in [2.45, 2.75) is 57.9 Å². The summed E-state index contributed by atoms with van der Waals surface area (Å²) in [7, 11) is 0. The lowest BCUT2D eigenvalue weighted by atomic mass is 10.0. The van der Waals surface area contributed by atoms with E-state index in [0.717, 1.165) is 12.8 Å². The Morgan fingerprint density at radius 1 is 1.54 bits per heavy atom. The van der Waals surface area contributed by atoms with Gasteiger partial charge in [-0.25, -0.2) is 0 Å². The van der Waals surface area contributed by atoms with Crippen LogP contribution in [0.5, 0.6) is 0 Å². The Balaban J connectivity index is 3.90. The van der Waals surface area contributed by atoms with Gasteiger partial charge in [0.1, 0.15) is 0 Å². The van der Waals surface area contributed by atoms with Crippen molar-refractivity contribution < 1.29 is 4.79 Å². The van der Waals surface area contributed by atoms with Crippen molar-refractivity contribution in [3.63, 3.8) is 0 Å². The molecule has 0 aliphatic rings. The van der Waals surface area contributed by atoms with Gasteiger partial charge in [0.05, 0.1) is 10.9 Å². The van der Waals surface area contributed by atoms with E-state index in [1.54, 1.807) is 0 Å². The molecule has 0 aliphatic heterocycles. The van der Waals surface area contributed by atoms with E-state index in [-0.39, 0.29) is 16.8 Å². The first-order valence-corrected chi connectivity index (χ1v) is 5.29. The van der Waals surface area contributed by atoms with E-state index in [2.05, 4.69) is 12.2 Å². The van der Waals surface area contributed by atoms with E-state index in [0.29, 0.717) is 6.42 Å². The third kappa shape index (κ3) is 5.14. The first-order valence-electron chi connectivity index (χ1n) is 4.85. The lowest BCUT2D eigenvalue weighted by Gasteiger charge is -2.28. The molecule has 0 rings (SSSR count). The molecule has 0 bridgehead atoms. The van der Waals surface area contributed by atoms with Crippen LogP contribution < -0.4 is 5.32 Å². The molecule has 2 nitrogen and oxygen atoms in total. The number of rotatable bonds is 5. The van der Waals surface area contributed by atoms with Crippen molar-refractivity contribution >= 4 is 17.5 Å². The van der Waals surface area contributed by atoms with Gasteiger partial charge in [-0.1, -0.05) is 13.3 Å². The van der Waals surface area contributed by atoms with Gasteiger partial charge in [-0.05, 0) is 27.2 Å². The highest BCUT2D eigenvalue weighted by Gasteiger charge is 2.25. The molecule has 78 valence electrons. The van der Waals surface area contributed by atoms with Crippen LogP contribution in [0.25, 0.3) is 0 Å². The van der Waals surface area contributed by atoms with Crippen molar-refractivity contribution in [2.75, 3.05) is 0 Å². The number of carbonyl (C=O) groups is 1. The summed E-state index contributed by atoms with van der Waals surface area (Å²) in [6, 6.07) is 0. The Bertz CT molecular complexity index is 166. The largest absolute Gasteiger partial charge is 0.350 e. The van der Waals surface area contributed by atoms with Crippen LogP contribution in [0.2, 0.25) is 0 Å². The number of alkyl halides is 1. The minimum absolute atomic E-state index is 0.0573. The Morgan fingerprint density at radius 3 is 2.46 bits per heavy atom. The van der Waals surface area contributed by atoms with Crippen molar-refractivity contribution in [3.8, 4) is 0 Å². The molecule has 1 atom stereocenters. The van der Waals surface area contributed by atoms with Crippen LogP contribution in [-0.4, -0.2) is 16.8 Å². The van der Waals surface area contributed by atoms with Gasteiger partial charge >= 0.3 is 0 Å². The van der Waals surface area contributed by atoms with Gasteiger partial charge in [0.15, 0.2) is 0 Å². The predicted molar refractivity (Wildman–Crippen MR) is 57.1 cm³/mol. The van der Waals surface area contributed by atoms with E-state index in [1.807, 2.05) is 20.8 Å². The number of hydrogen-bond donors (Lipinski definition) is 1. The lowest BCUT2D eigenvalue weighted by molar-refractivity contribution is -0.122. The molecule has 1 N–H and O–H groups in total. The van der Waals surface area contributed by atoms with Crippen LogP contribution in [-0.2, 0) is 4.79 Å². The molecule has 0 aromatic carbocycles. The van der Waals surface area contributed by atoms with Crippen LogP contribution in [0, 0.1) is 0 Å². The zero-order valence-corrected chi connectivity index (χ0v) is 9.74. The van der Waals surface area contributed by atoms with E-state index < -0.39 is 0 Å². The van der Waals surface area contributed by atoms with Gasteiger partial charge in [0.25, 0.3) is 0 Å². The first kappa shape index (κ1) is 12.8. The summed E-state index contributed by atoms with van der Waals surface area (Å²) < 4.78 is 0. The molecule has 0 aliphatic carbocycles. The fourth-order valence-corrected chi connectivity index (χ4v) is 0.913. The Hall–Kier alpha value is -0.240. The highest BCUT2D eigenvalue weighted by molar-refractivity contribution is 6.21. The van der Waals surface area contributed by atoms with Crippen LogP contribution >= 0.6 is 11.6 Å². The van der Waals surface area contributed by atoms with Gasteiger partial charge in [0.2, 0.25) is 5.91 Å². The highest BCUT2D eigenvalue weighted by atomic mass is 35.5. The summed E-state index contributed by atoms with van der Waals surface area (Å²) >= 11 is 5.93. The molecule has 0 saturated carbocycles. The molecular weight excluding hydrogens is 186 g/mol. The van der Waals surface area contributed by atoms with Gasteiger partial charge in [-0.2, -0.15) is 0 Å². The van der Waals surface area contributed by atoms with Crippen LogP contribution in [0.3, 0.4) is 0 Å². The molecule has 0 aromatic rings. The number of hydrogen-bond acceptors (Lipinski definition) is 1. The number of nitrogens with one attached hydrogen (secondary N) is 1. The average molecular weight is 206 g/mol. The second kappa shape index (κ2) is 5.48. The Labute approximate surface area is 86.0 Å². The van der Waals surface area contributed by atoms with Crippen LogP contribution in [0.1, 0.15) is 47.0 Å². The summed E-state index contributed by atoms with van der Waals surface area (Å²) in [6.45, 7) is 7.84. The maximum atomic E-state index is 11.4. The summed E-state index contributed by atoms with van der Waals surface area (Å²) in [5, 5.41) is 2.86. The number of halogens is 1. The molecule has 0 fully saturated rings. The normalized spacial score (nSPS) is 13.9. The van der Waals surface area contributed by atoms with Crippen LogP contribution in [0.4, 0.5) is 0 Å². The predicted octanol–water partition coefficient (Wildman–Crippen LogP) is 2.70. The average Bonchev–Trinajstić information content (AvgIpc) is 1.99. The Kier molecular flexibility index (Phi) is 5.38.